The fourth-order valence-electron chi connectivity index (χ4n) is 2.98. The number of aromatic nitrogens is 3. The van der Waals surface area contributed by atoms with Crippen LogP contribution in [0.25, 0.3) is 0 Å². The first-order chi connectivity index (χ1) is 15.7. The lowest BCUT2D eigenvalue weighted by Gasteiger charge is -2.11. The van der Waals surface area contributed by atoms with Crippen LogP contribution in [0.1, 0.15) is 58.6 Å². The molecule has 0 spiro atoms. The molecule has 9 heteroatoms. The molecule has 32 heavy (non-hydrogen) atoms. The average molecular weight is 459 g/mol. The average Bonchev–Trinajstić information content (AvgIpc) is 3.27. The van der Waals surface area contributed by atoms with Gasteiger partial charge in [-0.1, -0.05) is 26.0 Å². The second kappa shape index (κ2) is 20.5. The van der Waals surface area contributed by atoms with Crippen molar-refractivity contribution in [3.05, 3.63) is 11.9 Å². The van der Waals surface area contributed by atoms with E-state index in [1.165, 1.54) is 0 Å². The molecule has 1 unspecified atom stereocenters. The summed E-state index contributed by atoms with van der Waals surface area (Å²) in [5.41, 5.74) is 1.07. The fraction of sp³-hybridized carbons (Fsp3) is 0.913. The summed E-state index contributed by atoms with van der Waals surface area (Å²) in [6, 6.07) is 0.543. The maximum Gasteiger partial charge on any atom is 0.0857 e. The van der Waals surface area contributed by atoms with Gasteiger partial charge in [-0.15, -0.1) is 5.10 Å². The molecule has 0 aliphatic heterocycles. The van der Waals surface area contributed by atoms with E-state index in [9.17, 15) is 0 Å². The van der Waals surface area contributed by atoms with Gasteiger partial charge >= 0.3 is 0 Å². The molecule has 1 aromatic rings. The van der Waals surface area contributed by atoms with E-state index in [4.69, 9.17) is 23.7 Å². The normalized spacial score (nSPS) is 12.7. The van der Waals surface area contributed by atoms with Crippen LogP contribution in [0.4, 0.5) is 0 Å². The molecule has 0 aromatic carbocycles. The summed E-state index contributed by atoms with van der Waals surface area (Å²) in [5, 5.41) is 11.8. The fourth-order valence-corrected chi connectivity index (χ4v) is 2.98. The van der Waals surface area contributed by atoms with Crippen molar-refractivity contribution in [2.75, 3.05) is 72.6 Å². The first-order valence-corrected chi connectivity index (χ1v) is 12.2. The molecule has 0 fully saturated rings. The Labute approximate surface area is 194 Å². The Morgan fingerprint density at radius 3 is 1.75 bits per heavy atom. The Hall–Kier alpha value is -1.10. The van der Waals surface area contributed by atoms with Crippen molar-refractivity contribution in [2.45, 2.75) is 65.5 Å². The molecule has 0 saturated carbocycles. The number of ether oxygens (including phenoxy) is 5. The van der Waals surface area contributed by atoms with Crippen molar-refractivity contribution in [2.24, 2.45) is 0 Å². The Bertz CT molecular complexity index is 528. The van der Waals surface area contributed by atoms with Crippen LogP contribution in [0.2, 0.25) is 0 Å². The zero-order chi connectivity index (χ0) is 23.3. The minimum absolute atomic E-state index is 0.493. The molecule has 1 rings (SSSR count). The maximum absolute atomic E-state index is 5.59. The summed E-state index contributed by atoms with van der Waals surface area (Å²) >= 11 is 0. The summed E-state index contributed by atoms with van der Waals surface area (Å²) < 4.78 is 29.4. The van der Waals surface area contributed by atoms with E-state index in [0.717, 1.165) is 31.5 Å². The highest BCUT2D eigenvalue weighted by atomic mass is 16.6. The zero-order valence-electron chi connectivity index (χ0n) is 20.7. The van der Waals surface area contributed by atoms with Gasteiger partial charge in [0.2, 0.25) is 0 Å². The van der Waals surface area contributed by atoms with Crippen LogP contribution < -0.4 is 5.32 Å². The molecular weight excluding hydrogens is 412 g/mol. The summed E-state index contributed by atoms with van der Waals surface area (Å²) in [6.45, 7) is 16.2. The van der Waals surface area contributed by atoms with Gasteiger partial charge in [-0.2, -0.15) is 0 Å². The minimum Gasteiger partial charge on any atom is -0.378 e. The third-order valence-corrected chi connectivity index (χ3v) is 5.26. The van der Waals surface area contributed by atoms with Crippen molar-refractivity contribution in [3.63, 3.8) is 0 Å². The van der Waals surface area contributed by atoms with Gasteiger partial charge in [0.1, 0.15) is 0 Å². The van der Waals surface area contributed by atoms with E-state index in [1.807, 2.05) is 10.9 Å². The minimum atomic E-state index is 0.493. The molecule has 0 aliphatic rings. The van der Waals surface area contributed by atoms with Gasteiger partial charge in [-0.05, 0) is 26.2 Å². The number of nitrogens with one attached hydrogen (secondary N) is 1. The van der Waals surface area contributed by atoms with Gasteiger partial charge in [-0.25, -0.2) is 4.68 Å². The van der Waals surface area contributed by atoms with Crippen LogP contribution in [-0.4, -0.2) is 93.6 Å². The van der Waals surface area contributed by atoms with E-state index in [0.29, 0.717) is 84.6 Å². The first kappa shape index (κ1) is 28.9. The molecule has 188 valence electrons. The lowest BCUT2D eigenvalue weighted by atomic mass is 10.0. The van der Waals surface area contributed by atoms with Gasteiger partial charge in [0.15, 0.2) is 0 Å². The van der Waals surface area contributed by atoms with E-state index in [2.05, 4.69) is 43.3 Å². The van der Waals surface area contributed by atoms with Crippen LogP contribution in [0.3, 0.4) is 0 Å². The molecule has 1 N–H and O–H groups in total. The quantitative estimate of drug-likeness (QED) is 0.250. The Balaban J connectivity index is 1.79. The second-order valence-corrected chi connectivity index (χ2v) is 7.75. The summed E-state index contributed by atoms with van der Waals surface area (Å²) in [5.74, 6) is 0.493. The number of hydrogen-bond donors (Lipinski definition) is 1. The third-order valence-electron chi connectivity index (χ3n) is 5.26. The van der Waals surface area contributed by atoms with Gasteiger partial charge in [-0.3, -0.25) is 0 Å². The number of rotatable bonds is 23. The molecule has 0 radical (unpaired) electrons. The van der Waals surface area contributed by atoms with Crippen LogP contribution in [0.15, 0.2) is 6.20 Å². The smallest absolute Gasteiger partial charge is 0.0857 e. The molecular formula is C23H46N4O5. The number of hydrogen-bond acceptors (Lipinski definition) is 8. The van der Waals surface area contributed by atoms with E-state index in [1.54, 1.807) is 0 Å². The van der Waals surface area contributed by atoms with Gasteiger partial charge in [0.25, 0.3) is 0 Å². The standard InChI is InChI=1S/C23H46N4O5/c1-5-21(4)24-8-10-28-12-14-30-16-18-32-19-17-31-15-13-29-11-9-27-20-23(25-26-27)22(6-2)7-3/h20-22,24H,5-19H2,1-4H3. The molecule has 0 amide bonds. The van der Waals surface area contributed by atoms with Crippen molar-refractivity contribution < 1.29 is 23.7 Å². The number of nitrogens with zero attached hydrogens (tertiary/aromatic N) is 3. The molecule has 0 aliphatic carbocycles. The molecule has 0 saturated heterocycles. The predicted octanol–water partition coefficient (Wildman–Crippen LogP) is 2.65. The molecule has 9 nitrogen and oxygen atoms in total. The Morgan fingerprint density at radius 2 is 1.25 bits per heavy atom. The highest BCUT2D eigenvalue weighted by Crippen LogP contribution is 2.19. The Morgan fingerprint density at radius 1 is 0.750 bits per heavy atom. The SMILES string of the molecule is CCC(C)NCCOCCOCCOCCOCCOCCn1cc(C(CC)CC)nn1. The maximum atomic E-state index is 5.59. The van der Waals surface area contributed by atoms with Gasteiger partial charge in [0.05, 0.1) is 78.3 Å². The monoisotopic (exact) mass is 458 g/mol. The van der Waals surface area contributed by atoms with Crippen molar-refractivity contribution in [1.29, 1.82) is 0 Å². The zero-order valence-corrected chi connectivity index (χ0v) is 20.7. The third kappa shape index (κ3) is 14.9. The summed E-state index contributed by atoms with van der Waals surface area (Å²) in [6.07, 6.45) is 5.33. The lowest BCUT2D eigenvalue weighted by Crippen LogP contribution is -2.29. The first-order valence-electron chi connectivity index (χ1n) is 12.2. The van der Waals surface area contributed by atoms with Crippen molar-refractivity contribution in [3.8, 4) is 0 Å². The summed E-state index contributed by atoms with van der Waals surface area (Å²) in [4.78, 5) is 0. The largest absolute Gasteiger partial charge is 0.378 e. The summed E-state index contributed by atoms with van der Waals surface area (Å²) in [7, 11) is 0. The highest BCUT2D eigenvalue weighted by molar-refractivity contribution is 5.00. The Kier molecular flexibility index (Phi) is 18.5. The molecule has 0 bridgehead atoms. The van der Waals surface area contributed by atoms with E-state index >= 15 is 0 Å². The van der Waals surface area contributed by atoms with Gasteiger partial charge < -0.3 is 29.0 Å². The van der Waals surface area contributed by atoms with Crippen LogP contribution in [0.5, 0.6) is 0 Å². The molecule has 1 atom stereocenters. The van der Waals surface area contributed by atoms with Crippen molar-refractivity contribution in [1.82, 2.24) is 20.3 Å². The predicted molar refractivity (Wildman–Crippen MR) is 125 cm³/mol. The second-order valence-electron chi connectivity index (χ2n) is 7.75. The van der Waals surface area contributed by atoms with E-state index in [-0.39, 0.29) is 0 Å². The lowest BCUT2D eigenvalue weighted by molar-refractivity contribution is -0.0114. The topological polar surface area (TPSA) is 88.9 Å². The van der Waals surface area contributed by atoms with Gasteiger partial charge in [0, 0.05) is 24.7 Å². The van der Waals surface area contributed by atoms with Crippen LogP contribution in [0, 0.1) is 0 Å². The highest BCUT2D eigenvalue weighted by Gasteiger charge is 2.10. The van der Waals surface area contributed by atoms with Crippen LogP contribution in [-0.2, 0) is 30.2 Å². The van der Waals surface area contributed by atoms with E-state index < -0.39 is 0 Å². The van der Waals surface area contributed by atoms with Crippen LogP contribution >= 0.6 is 0 Å². The van der Waals surface area contributed by atoms with Crippen molar-refractivity contribution >= 4 is 0 Å². The molecule has 1 aromatic heterocycles. The molecule has 1 heterocycles.